The Labute approximate surface area is 149 Å². The Bertz CT molecular complexity index is 966. The van der Waals surface area contributed by atoms with Crippen LogP contribution in [-0.4, -0.2) is 29.0 Å². The van der Waals surface area contributed by atoms with Crippen LogP contribution >= 0.6 is 0 Å². The van der Waals surface area contributed by atoms with E-state index in [1.807, 2.05) is 24.3 Å². The van der Waals surface area contributed by atoms with Gasteiger partial charge in [0.2, 0.25) is 5.95 Å². The summed E-state index contributed by atoms with van der Waals surface area (Å²) in [7, 11) is 3.20. The smallest absolute Gasteiger partial charge is 0.226 e. The van der Waals surface area contributed by atoms with E-state index in [1.54, 1.807) is 31.0 Å². The summed E-state index contributed by atoms with van der Waals surface area (Å²) >= 11 is 0. The summed E-state index contributed by atoms with van der Waals surface area (Å²) in [6, 6.07) is 11.9. The molecule has 1 aromatic heterocycles. The van der Waals surface area contributed by atoms with E-state index in [9.17, 15) is 4.39 Å². The van der Waals surface area contributed by atoms with Crippen molar-refractivity contribution in [1.29, 1.82) is 0 Å². The van der Waals surface area contributed by atoms with Crippen LogP contribution in [0.1, 0.15) is 17.2 Å². The Balaban J connectivity index is 1.80. The van der Waals surface area contributed by atoms with Gasteiger partial charge in [-0.05, 0) is 53.6 Å². The SMILES string of the molecule is COc1ccc([C@@H]2C=C(c3ccc(F)cc3)Nc3ncnn32)cc1OC. The van der Waals surface area contributed by atoms with Gasteiger partial charge in [-0.15, -0.1) is 0 Å². The lowest BCUT2D eigenvalue weighted by atomic mass is 10.0. The third kappa shape index (κ3) is 2.77. The fourth-order valence-electron chi connectivity index (χ4n) is 3.01. The summed E-state index contributed by atoms with van der Waals surface area (Å²) < 4.78 is 25.8. The summed E-state index contributed by atoms with van der Waals surface area (Å²) in [6.45, 7) is 0. The molecule has 0 spiro atoms. The number of methoxy groups -OCH3 is 2. The van der Waals surface area contributed by atoms with Gasteiger partial charge < -0.3 is 14.8 Å². The highest BCUT2D eigenvalue weighted by Gasteiger charge is 2.24. The number of ether oxygens (including phenoxy) is 2. The molecule has 1 aliphatic heterocycles. The zero-order chi connectivity index (χ0) is 18.1. The number of hydrogen-bond acceptors (Lipinski definition) is 5. The molecule has 1 atom stereocenters. The molecule has 0 unspecified atom stereocenters. The molecule has 0 radical (unpaired) electrons. The van der Waals surface area contributed by atoms with Gasteiger partial charge in [0.05, 0.1) is 14.2 Å². The van der Waals surface area contributed by atoms with Gasteiger partial charge in [0, 0.05) is 5.70 Å². The monoisotopic (exact) mass is 352 g/mol. The number of anilines is 1. The maximum absolute atomic E-state index is 13.2. The van der Waals surface area contributed by atoms with E-state index in [1.165, 1.54) is 18.5 Å². The Morgan fingerprint density at radius 2 is 1.81 bits per heavy atom. The van der Waals surface area contributed by atoms with Crippen molar-refractivity contribution in [2.24, 2.45) is 0 Å². The number of nitrogens with one attached hydrogen (secondary N) is 1. The number of fused-ring (bicyclic) bond motifs is 1. The van der Waals surface area contributed by atoms with E-state index < -0.39 is 0 Å². The molecule has 2 aromatic carbocycles. The quantitative estimate of drug-likeness (QED) is 0.779. The molecule has 1 aliphatic rings. The first kappa shape index (κ1) is 16.1. The molecule has 0 aliphatic carbocycles. The number of rotatable bonds is 4. The van der Waals surface area contributed by atoms with Crippen molar-refractivity contribution in [1.82, 2.24) is 14.8 Å². The first-order valence-electron chi connectivity index (χ1n) is 8.06. The molecule has 0 saturated heterocycles. The van der Waals surface area contributed by atoms with Crippen molar-refractivity contribution in [2.45, 2.75) is 6.04 Å². The third-order valence-corrected chi connectivity index (χ3v) is 4.31. The van der Waals surface area contributed by atoms with E-state index in [0.29, 0.717) is 17.4 Å². The molecule has 26 heavy (non-hydrogen) atoms. The van der Waals surface area contributed by atoms with Gasteiger partial charge in [-0.1, -0.05) is 6.07 Å². The van der Waals surface area contributed by atoms with Crippen molar-refractivity contribution in [3.8, 4) is 11.5 Å². The third-order valence-electron chi connectivity index (χ3n) is 4.31. The van der Waals surface area contributed by atoms with Crippen LogP contribution in [0.4, 0.5) is 10.3 Å². The topological polar surface area (TPSA) is 61.2 Å². The van der Waals surface area contributed by atoms with Crippen molar-refractivity contribution >= 4 is 11.6 Å². The predicted octanol–water partition coefficient (Wildman–Crippen LogP) is 3.49. The standard InChI is InChI=1S/C19H17FN4O2/c1-25-17-8-5-13(9-18(17)26-2)16-10-15(12-3-6-14(20)7-4-12)23-19-21-11-22-24(16)19/h3-11,16H,1-2H3,(H,21,22,23)/t16-/m0/s1. The van der Waals surface area contributed by atoms with E-state index in [0.717, 1.165) is 16.8 Å². The van der Waals surface area contributed by atoms with Crippen LogP contribution in [-0.2, 0) is 0 Å². The Morgan fingerprint density at radius 1 is 1.04 bits per heavy atom. The minimum atomic E-state index is -0.273. The van der Waals surface area contributed by atoms with Gasteiger partial charge in [-0.25, -0.2) is 9.07 Å². The number of nitrogens with zero attached hydrogens (tertiary/aromatic N) is 3. The van der Waals surface area contributed by atoms with Crippen molar-refractivity contribution in [2.75, 3.05) is 19.5 Å². The maximum atomic E-state index is 13.2. The molecule has 0 saturated carbocycles. The molecule has 2 heterocycles. The van der Waals surface area contributed by atoms with Crippen molar-refractivity contribution in [3.05, 3.63) is 71.8 Å². The van der Waals surface area contributed by atoms with E-state index >= 15 is 0 Å². The van der Waals surface area contributed by atoms with Gasteiger partial charge in [-0.3, -0.25) is 0 Å². The summed E-state index contributed by atoms with van der Waals surface area (Å²) in [6.07, 6.45) is 3.52. The van der Waals surface area contributed by atoms with Crippen LogP contribution in [0.2, 0.25) is 0 Å². The molecule has 0 bridgehead atoms. The number of halogens is 1. The molecule has 3 aromatic rings. The maximum Gasteiger partial charge on any atom is 0.226 e. The van der Waals surface area contributed by atoms with Crippen LogP contribution in [0.25, 0.3) is 5.70 Å². The highest BCUT2D eigenvalue weighted by Crippen LogP contribution is 2.36. The molecule has 0 amide bonds. The molecule has 4 rings (SSSR count). The van der Waals surface area contributed by atoms with Crippen LogP contribution in [0.15, 0.2) is 54.9 Å². The number of benzene rings is 2. The lowest BCUT2D eigenvalue weighted by molar-refractivity contribution is 0.354. The molecule has 6 nitrogen and oxygen atoms in total. The number of aromatic nitrogens is 3. The first-order chi connectivity index (χ1) is 12.7. The molecular weight excluding hydrogens is 335 g/mol. The van der Waals surface area contributed by atoms with Crippen LogP contribution < -0.4 is 14.8 Å². The lowest BCUT2D eigenvalue weighted by Gasteiger charge is -2.25. The second-order valence-electron chi connectivity index (χ2n) is 5.80. The fraction of sp³-hybridized carbons (Fsp3) is 0.158. The van der Waals surface area contributed by atoms with Gasteiger partial charge in [0.15, 0.2) is 11.5 Å². The highest BCUT2D eigenvalue weighted by atomic mass is 19.1. The average molecular weight is 352 g/mol. The second-order valence-corrected chi connectivity index (χ2v) is 5.80. The van der Waals surface area contributed by atoms with E-state index in [4.69, 9.17) is 9.47 Å². The fourth-order valence-corrected chi connectivity index (χ4v) is 3.01. The van der Waals surface area contributed by atoms with Gasteiger partial charge >= 0.3 is 0 Å². The van der Waals surface area contributed by atoms with Crippen LogP contribution in [0.3, 0.4) is 0 Å². The first-order valence-corrected chi connectivity index (χ1v) is 8.06. The summed E-state index contributed by atoms with van der Waals surface area (Å²) in [4.78, 5) is 4.27. The van der Waals surface area contributed by atoms with E-state index in [2.05, 4.69) is 15.4 Å². The Hall–Kier alpha value is -3.35. The molecule has 7 heteroatoms. The van der Waals surface area contributed by atoms with Crippen LogP contribution in [0.5, 0.6) is 11.5 Å². The largest absolute Gasteiger partial charge is 0.493 e. The lowest BCUT2D eigenvalue weighted by Crippen LogP contribution is -2.20. The van der Waals surface area contributed by atoms with Crippen molar-refractivity contribution in [3.63, 3.8) is 0 Å². The molecule has 0 fully saturated rings. The molecular formula is C19H17FN4O2. The van der Waals surface area contributed by atoms with Gasteiger partial charge in [-0.2, -0.15) is 10.1 Å². The summed E-state index contributed by atoms with van der Waals surface area (Å²) in [5, 5.41) is 7.56. The summed E-state index contributed by atoms with van der Waals surface area (Å²) in [5.41, 5.74) is 2.67. The zero-order valence-electron chi connectivity index (χ0n) is 14.3. The predicted molar refractivity (Wildman–Crippen MR) is 95.7 cm³/mol. The Kier molecular flexibility index (Phi) is 4.04. The van der Waals surface area contributed by atoms with Crippen LogP contribution in [0, 0.1) is 5.82 Å². The highest BCUT2D eigenvalue weighted by molar-refractivity contribution is 5.77. The minimum Gasteiger partial charge on any atom is -0.493 e. The van der Waals surface area contributed by atoms with Crippen molar-refractivity contribution < 1.29 is 13.9 Å². The number of allylic oxidation sites excluding steroid dienone is 1. The van der Waals surface area contributed by atoms with Gasteiger partial charge in [0.25, 0.3) is 0 Å². The normalized spacial score (nSPS) is 15.7. The minimum absolute atomic E-state index is 0.186. The van der Waals surface area contributed by atoms with E-state index in [-0.39, 0.29) is 11.9 Å². The average Bonchev–Trinajstić information content (AvgIpc) is 3.16. The zero-order valence-corrected chi connectivity index (χ0v) is 14.3. The molecule has 1 N–H and O–H groups in total. The second kappa shape index (κ2) is 6.51. The Morgan fingerprint density at radius 3 is 2.54 bits per heavy atom. The van der Waals surface area contributed by atoms with Gasteiger partial charge in [0.1, 0.15) is 18.2 Å². The number of hydrogen-bond donors (Lipinski definition) is 1. The molecule has 132 valence electrons. The summed E-state index contributed by atoms with van der Waals surface area (Å²) in [5.74, 6) is 1.64.